The molecule has 0 amide bonds. The van der Waals surface area contributed by atoms with Gasteiger partial charge < -0.3 is 4.90 Å². The van der Waals surface area contributed by atoms with Gasteiger partial charge in [0.15, 0.2) is 5.69 Å². The molecule has 2 heterocycles. The van der Waals surface area contributed by atoms with Crippen LogP contribution in [-0.4, -0.2) is 39.5 Å². The zero-order valence-electron chi connectivity index (χ0n) is 11.3. The lowest BCUT2D eigenvalue weighted by atomic mass is 10.1. The molecular formula is C13H21N5. The van der Waals surface area contributed by atoms with Crippen molar-refractivity contribution in [3.05, 3.63) is 11.4 Å². The van der Waals surface area contributed by atoms with Crippen LogP contribution in [0.2, 0.25) is 0 Å². The van der Waals surface area contributed by atoms with Gasteiger partial charge in [0.05, 0.1) is 12.2 Å². The lowest BCUT2D eigenvalue weighted by Crippen LogP contribution is -2.25. The first kappa shape index (κ1) is 13.0. The Kier molecular flexibility index (Phi) is 4.32. The summed E-state index contributed by atoms with van der Waals surface area (Å²) in [5.74, 6) is 0.515. The SMILES string of the molecule is CC(C)Cc1c(C#N)nnn1CCN1CCCC1. The highest BCUT2D eigenvalue weighted by atomic mass is 15.4. The summed E-state index contributed by atoms with van der Waals surface area (Å²) in [4.78, 5) is 2.45. The number of hydrogen-bond acceptors (Lipinski definition) is 4. The van der Waals surface area contributed by atoms with Gasteiger partial charge in [-0.05, 0) is 38.3 Å². The first-order chi connectivity index (χ1) is 8.70. The third-order valence-corrected chi connectivity index (χ3v) is 3.37. The summed E-state index contributed by atoms with van der Waals surface area (Å²) in [6.45, 7) is 8.55. The van der Waals surface area contributed by atoms with Crippen molar-refractivity contribution in [3.63, 3.8) is 0 Å². The molecule has 0 N–H and O–H groups in total. The van der Waals surface area contributed by atoms with Gasteiger partial charge in [-0.2, -0.15) is 5.26 Å². The molecule has 0 aromatic carbocycles. The minimum atomic E-state index is 0.491. The van der Waals surface area contributed by atoms with Gasteiger partial charge in [0.2, 0.25) is 0 Å². The van der Waals surface area contributed by atoms with Crippen molar-refractivity contribution in [1.29, 1.82) is 5.26 Å². The summed E-state index contributed by atoms with van der Waals surface area (Å²) >= 11 is 0. The minimum Gasteiger partial charge on any atom is -0.301 e. The van der Waals surface area contributed by atoms with Crippen LogP contribution >= 0.6 is 0 Å². The Labute approximate surface area is 108 Å². The maximum Gasteiger partial charge on any atom is 0.185 e. The molecule has 1 aromatic rings. The fraction of sp³-hybridized carbons (Fsp3) is 0.769. The normalized spacial score (nSPS) is 16.3. The topological polar surface area (TPSA) is 57.7 Å². The lowest BCUT2D eigenvalue weighted by molar-refractivity contribution is 0.311. The Morgan fingerprint density at radius 1 is 1.28 bits per heavy atom. The van der Waals surface area contributed by atoms with Crippen LogP contribution in [-0.2, 0) is 13.0 Å². The molecule has 5 heteroatoms. The van der Waals surface area contributed by atoms with Crippen molar-refractivity contribution < 1.29 is 0 Å². The Morgan fingerprint density at radius 3 is 2.61 bits per heavy atom. The Bertz CT molecular complexity index is 423. The van der Waals surface area contributed by atoms with E-state index in [4.69, 9.17) is 5.26 Å². The first-order valence-corrected chi connectivity index (χ1v) is 6.75. The molecule has 0 bridgehead atoms. The standard InChI is InChI=1S/C13H21N5/c1-11(2)9-13-12(10-14)15-16-18(13)8-7-17-5-3-4-6-17/h11H,3-9H2,1-2H3. The second-order valence-electron chi connectivity index (χ2n) is 5.37. The molecule has 18 heavy (non-hydrogen) atoms. The lowest BCUT2D eigenvalue weighted by Gasteiger charge is -2.15. The predicted octanol–water partition coefficient (Wildman–Crippen LogP) is 1.44. The van der Waals surface area contributed by atoms with Crippen molar-refractivity contribution in [2.45, 2.75) is 39.7 Å². The molecule has 1 saturated heterocycles. The second kappa shape index (κ2) is 5.96. The Morgan fingerprint density at radius 2 is 2.00 bits per heavy atom. The molecular weight excluding hydrogens is 226 g/mol. The van der Waals surface area contributed by atoms with E-state index in [0.29, 0.717) is 11.6 Å². The predicted molar refractivity (Wildman–Crippen MR) is 69.0 cm³/mol. The molecule has 5 nitrogen and oxygen atoms in total. The van der Waals surface area contributed by atoms with Gasteiger partial charge in [-0.15, -0.1) is 5.10 Å². The summed E-state index contributed by atoms with van der Waals surface area (Å²) in [7, 11) is 0. The van der Waals surface area contributed by atoms with Crippen molar-refractivity contribution in [2.75, 3.05) is 19.6 Å². The molecule has 98 valence electrons. The molecule has 0 aliphatic carbocycles. The van der Waals surface area contributed by atoms with Crippen LogP contribution in [0.25, 0.3) is 0 Å². The average Bonchev–Trinajstić information content (AvgIpc) is 2.95. The van der Waals surface area contributed by atoms with Crippen LogP contribution in [0.4, 0.5) is 0 Å². The zero-order chi connectivity index (χ0) is 13.0. The molecule has 1 aromatic heterocycles. The van der Waals surface area contributed by atoms with Gasteiger partial charge in [0.25, 0.3) is 0 Å². The molecule has 0 radical (unpaired) electrons. The van der Waals surface area contributed by atoms with Crippen molar-refractivity contribution in [1.82, 2.24) is 19.9 Å². The van der Waals surface area contributed by atoms with E-state index in [-0.39, 0.29) is 0 Å². The van der Waals surface area contributed by atoms with E-state index >= 15 is 0 Å². The van der Waals surface area contributed by atoms with E-state index in [0.717, 1.165) is 25.2 Å². The highest BCUT2D eigenvalue weighted by Crippen LogP contribution is 2.12. The molecule has 1 aliphatic rings. The maximum absolute atomic E-state index is 9.05. The van der Waals surface area contributed by atoms with E-state index in [1.807, 2.05) is 4.68 Å². The van der Waals surface area contributed by atoms with Gasteiger partial charge in [0.1, 0.15) is 6.07 Å². The third-order valence-electron chi connectivity index (χ3n) is 3.37. The molecule has 0 atom stereocenters. The van der Waals surface area contributed by atoms with Crippen LogP contribution in [0.5, 0.6) is 0 Å². The Hall–Kier alpha value is -1.41. The molecule has 0 saturated carbocycles. The number of aromatic nitrogens is 3. The number of likely N-dealkylation sites (tertiary alicyclic amines) is 1. The number of nitriles is 1. The van der Waals surface area contributed by atoms with E-state index in [2.05, 4.69) is 35.1 Å². The van der Waals surface area contributed by atoms with Crippen LogP contribution in [0.15, 0.2) is 0 Å². The van der Waals surface area contributed by atoms with Crippen LogP contribution in [0.3, 0.4) is 0 Å². The molecule has 0 spiro atoms. The van der Waals surface area contributed by atoms with Gasteiger partial charge in [-0.3, -0.25) is 0 Å². The maximum atomic E-state index is 9.05. The van der Waals surface area contributed by atoms with E-state index in [1.165, 1.54) is 25.9 Å². The van der Waals surface area contributed by atoms with Crippen LogP contribution < -0.4 is 0 Å². The zero-order valence-corrected chi connectivity index (χ0v) is 11.3. The van der Waals surface area contributed by atoms with Crippen molar-refractivity contribution >= 4 is 0 Å². The van der Waals surface area contributed by atoms with Crippen LogP contribution in [0.1, 0.15) is 38.1 Å². The number of rotatable bonds is 5. The number of nitrogens with zero attached hydrogens (tertiary/aromatic N) is 5. The summed E-state index contributed by atoms with van der Waals surface area (Å²) in [6.07, 6.45) is 3.48. The van der Waals surface area contributed by atoms with E-state index in [9.17, 15) is 0 Å². The molecule has 1 fully saturated rings. The van der Waals surface area contributed by atoms with E-state index in [1.54, 1.807) is 0 Å². The smallest absolute Gasteiger partial charge is 0.185 e. The molecule has 0 unspecified atom stereocenters. The largest absolute Gasteiger partial charge is 0.301 e. The highest BCUT2D eigenvalue weighted by Gasteiger charge is 2.16. The average molecular weight is 247 g/mol. The summed E-state index contributed by atoms with van der Waals surface area (Å²) in [6, 6.07) is 2.14. The van der Waals surface area contributed by atoms with E-state index < -0.39 is 0 Å². The number of hydrogen-bond donors (Lipinski definition) is 0. The van der Waals surface area contributed by atoms with Crippen molar-refractivity contribution in [2.24, 2.45) is 5.92 Å². The quantitative estimate of drug-likeness (QED) is 0.790. The van der Waals surface area contributed by atoms with Crippen LogP contribution in [0, 0.1) is 17.2 Å². The summed E-state index contributed by atoms with van der Waals surface area (Å²) < 4.78 is 1.91. The summed E-state index contributed by atoms with van der Waals surface area (Å²) in [5, 5.41) is 17.1. The van der Waals surface area contributed by atoms with Gasteiger partial charge in [-0.1, -0.05) is 19.1 Å². The molecule has 2 rings (SSSR count). The van der Waals surface area contributed by atoms with Crippen molar-refractivity contribution in [3.8, 4) is 6.07 Å². The van der Waals surface area contributed by atoms with Gasteiger partial charge >= 0.3 is 0 Å². The Balaban J connectivity index is 2.02. The highest BCUT2D eigenvalue weighted by molar-refractivity contribution is 5.24. The van der Waals surface area contributed by atoms with Gasteiger partial charge in [-0.25, -0.2) is 4.68 Å². The fourth-order valence-corrected chi connectivity index (χ4v) is 2.43. The molecule has 1 aliphatic heterocycles. The monoisotopic (exact) mass is 247 g/mol. The van der Waals surface area contributed by atoms with Gasteiger partial charge in [0, 0.05) is 6.54 Å². The fourth-order valence-electron chi connectivity index (χ4n) is 2.43. The second-order valence-corrected chi connectivity index (χ2v) is 5.37. The first-order valence-electron chi connectivity index (χ1n) is 6.75. The minimum absolute atomic E-state index is 0.491. The third kappa shape index (κ3) is 3.08. The summed E-state index contributed by atoms with van der Waals surface area (Å²) in [5.41, 5.74) is 1.48.